The average molecular weight is 248 g/mol. The summed E-state index contributed by atoms with van der Waals surface area (Å²) in [5.74, 6) is 0. The summed E-state index contributed by atoms with van der Waals surface area (Å²) in [5, 5.41) is 14.4. The molecule has 98 valence electrons. The maximum atomic E-state index is 11.0. The third-order valence-electron chi connectivity index (χ3n) is 3.64. The molecule has 0 heterocycles. The summed E-state index contributed by atoms with van der Waals surface area (Å²) >= 11 is 0. The van der Waals surface area contributed by atoms with Crippen LogP contribution >= 0.6 is 0 Å². The van der Waals surface area contributed by atoms with E-state index in [1.165, 1.54) is 32.1 Å². The highest BCUT2D eigenvalue weighted by atomic mass is 16.6. The number of benzene rings is 1. The zero-order chi connectivity index (χ0) is 13.0. The first kappa shape index (κ1) is 12.9. The van der Waals surface area contributed by atoms with Gasteiger partial charge in [-0.3, -0.25) is 10.1 Å². The van der Waals surface area contributed by atoms with Gasteiger partial charge in [-0.2, -0.15) is 0 Å². The fourth-order valence-corrected chi connectivity index (χ4v) is 2.61. The Morgan fingerprint density at radius 1 is 1.33 bits per heavy atom. The maximum Gasteiger partial charge on any atom is 0.274 e. The first-order valence-corrected chi connectivity index (χ1v) is 6.74. The lowest BCUT2D eigenvalue weighted by atomic mass is 9.95. The summed E-state index contributed by atoms with van der Waals surface area (Å²) in [4.78, 5) is 10.7. The average Bonchev–Trinajstić information content (AvgIpc) is 2.40. The molecule has 1 fully saturated rings. The molecule has 0 aromatic heterocycles. The second kappa shape index (κ2) is 5.85. The molecule has 1 saturated carbocycles. The monoisotopic (exact) mass is 248 g/mol. The molecule has 2 rings (SSSR count). The molecule has 1 aliphatic rings. The highest BCUT2D eigenvalue weighted by Crippen LogP contribution is 2.26. The summed E-state index contributed by atoms with van der Waals surface area (Å²) in [5.41, 5.74) is 1.92. The molecule has 0 aliphatic heterocycles. The van der Waals surface area contributed by atoms with Crippen molar-refractivity contribution in [2.75, 3.05) is 5.32 Å². The Labute approximate surface area is 108 Å². The molecule has 4 nitrogen and oxygen atoms in total. The van der Waals surface area contributed by atoms with E-state index < -0.39 is 0 Å². The van der Waals surface area contributed by atoms with Gasteiger partial charge in [0.25, 0.3) is 5.69 Å². The molecule has 0 spiro atoms. The summed E-state index contributed by atoms with van der Waals surface area (Å²) in [7, 11) is 0. The Bertz CT molecular complexity index is 426. The van der Waals surface area contributed by atoms with E-state index in [2.05, 4.69) is 5.32 Å². The SMILES string of the molecule is CCc1ccc(NC2CCCCC2)cc1[N+](=O)[O-]. The van der Waals surface area contributed by atoms with E-state index in [9.17, 15) is 10.1 Å². The molecular formula is C14H20N2O2. The lowest BCUT2D eigenvalue weighted by Crippen LogP contribution is -2.22. The van der Waals surface area contributed by atoms with Crippen molar-refractivity contribution in [3.63, 3.8) is 0 Å². The Morgan fingerprint density at radius 3 is 2.67 bits per heavy atom. The molecule has 0 saturated heterocycles. The molecule has 0 unspecified atom stereocenters. The van der Waals surface area contributed by atoms with Gasteiger partial charge in [0.05, 0.1) is 4.92 Å². The van der Waals surface area contributed by atoms with Crippen molar-refractivity contribution < 1.29 is 4.92 Å². The third kappa shape index (κ3) is 3.00. The zero-order valence-corrected chi connectivity index (χ0v) is 10.8. The lowest BCUT2D eigenvalue weighted by Gasteiger charge is -2.23. The minimum Gasteiger partial charge on any atom is -0.382 e. The lowest BCUT2D eigenvalue weighted by molar-refractivity contribution is -0.385. The number of nitro benzene ring substituents is 1. The minimum absolute atomic E-state index is 0.235. The number of aryl methyl sites for hydroxylation is 1. The van der Waals surface area contributed by atoms with Crippen LogP contribution in [0.15, 0.2) is 18.2 Å². The van der Waals surface area contributed by atoms with E-state index in [1.54, 1.807) is 6.07 Å². The van der Waals surface area contributed by atoms with Crippen LogP contribution in [0.2, 0.25) is 0 Å². The fourth-order valence-electron chi connectivity index (χ4n) is 2.61. The summed E-state index contributed by atoms with van der Waals surface area (Å²) < 4.78 is 0. The van der Waals surface area contributed by atoms with Gasteiger partial charge in [-0.1, -0.05) is 32.3 Å². The van der Waals surface area contributed by atoms with E-state index in [0.717, 1.165) is 11.3 Å². The zero-order valence-electron chi connectivity index (χ0n) is 10.8. The number of anilines is 1. The molecule has 0 radical (unpaired) electrons. The van der Waals surface area contributed by atoms with Crippen molar-refractivity contribution in [2.45, 2.75) is 51.5 Å². The number of nitrogens with one attached hydrogen (secondary N) is 1. The topological polar surface area (TPSA) is 55.2 Å². The smallest absolute Gasteiger partial charge is 0.274 e. The van der Waals surface area contributed by atoms with Crippen LogP contribution < -0.4 is 5.32 Å². The van der Waals surface area contributed by atoms with Gasteiger partial charge < -0.3 is 5.32 Å². The van der Waals surface area contributed by atoms with Gasteiger partial charge in [0, 0.05) is 23.4 Å². The van der Waals surface area contributed by atoms with Gasteiger partial charge in [0.1, 0.15) is 0 Å². The molecule has 0 atom stereocenters. The Kier molecular flexibility index (Phi) is 4.18. The molecule has 1 aromatic rings. The van der Waals surface area contributed by atoms with E-state index in [1.807, 2.05) is 19.1 Å². The van der Waals surface area contributed by atoms with Gasteiger partial charge >= 0.3 is 0 Å². The van der Waals surface area contributed by atoms with E-state index >= 15 is 0 Å². The Hall–Kier alpha value is -1.58. The van der Waals surface area contributed by atoms with Crippen molar-refractivity contribution in [2.24, 2.45) is 0 Å². The van der Waals surface area contributed by atoms with Crippen LogP contribution in [0, 0.1) is 10.1 Å². The van der Waals surface area contributed by atoms with E-state index in [0.29, 0.717) is 12.5 Å². The molecule has 4 heteroatoms. The third-order valence-corrected chi connectivity index (χ3v) is 3.64. The molecule has 0 amide bonds. The van der Waals surface area contributed by atoms with Gasteiger partial charge in [0.15, 0.2) is 0 Å². The number of nitrogens with zero attached hydrogens (tertiary/aromatic N) is 1. The second-order valence-corrected chi connectivity index (χ2v) is 4.93. The minimum atomic E-state index is -0.287. The van der Waals surface area contributed by atoms with Crippen LogP contribution in [-0.2, 0) is 6.42 Å². The number of rotatable bonds is 4. The summed E-state index contributed by atoms with van der Waals surface area (Å²) in [6, 6.07) is 5.97. The highest BCUT2D eigenvalue weighted by Gasteiger charge is 2.16. The Balaban J connectivity index is 2.13. The Morgan fingerprint density at radius 2 is 2.06 bits per heavy atom. The first-order chi connectivity index (χ1) is 8.70. The predicted octanol–water partition coefficient (Wildman–Crippen LogP) is 3.90. The van der Waals surface area contributed by atoms with Crippen LogP contribution in [-0.4, -0.2) is 11.0 Å². The number of nitro groups is 1. The van der Waals surface area contributed by atoms with Crippen molar-refractivity contribution in [3.05, 3.63) is 33.9 Å². The molecule has 0 bridgehead atoms. The normalized spacial score (nSPS) is 16.5. The quantitative estimate of drug-likeness (QED) is 0.649. The van der Waals surface area contributed by atoms with Crippen molar-refractivity contribution >= 4 is 11.4 Å². The molecule has 1 aliphatic carbocycles. The molecule has 18 heavy (non-hydrogen) atoms. The van der Waals surface area contributed by atoms with Gasteiger partial charge in [-0.05, 0) is 25.3 Å². The van der Waals surface area contributed by atoms with E-state index in [4.69, 9.17) is 0 Å². The first-order valence-electron chi connectivity index (χ1n) is 6.74. The maximum absolute atomic E-state index is 11.0. The number of hydrogen-bond acceptors (Lipinski definition) is 3. The summed E-state index contributed by atoms with van der Waals surface area (Å²) in [6.45, 7) is 1.94. The largest absolute Gasteiger partial charge is 0.382 e. The molecule has 1 N–H and O–H groups in total. The summed E-state index contributed by atoms with van der Waals surface area (Å²) in [6.07, 6.45) is 6.86. The van der Waals surface area contributed by atoms with Crippen LogP contribution in [0.4, 0.5) is 11.4 Å². The molecular weight excluding hydrogens is 228 g/mol. The van der Waals surface area contributed by atoms with Crippen molar-refractivity contribution in [3.8, 4) is 0 Å². The predicted molar refractivity (Wildman–Crippen MR) is 73.0 cm³/mol. The van der Waals surface area contributed by atoms with Gasteiger partial charge in [-0.15, -0.1) is 0 Å². The van der Waals surface area contributed by atoms with E-state index in [-0.39, 0.29) is 10.6 Å². The van der Waals surface area contributed by atoms with Crippen molar-refractivity contribution in [1.82, 2.24) is 0 Å². The van der Waals surface area contributed by atoms with Gasteiger partial charge in [0.2, 0.25) is 0 Å². The highest BCUT2D eigenvalue weighted by molar-refractivity contribution is 5.55. The van der Waals surface area contributed by atoms with Crippen LogP contribution in [0.3, 0.4) is 0 Å². The molecule has 1 aromatic carbocycles. The van der Waals surface area contributed by atoms with Crippen molar-refractivity contribution in [1.29, 1.82) is 0 Å². The standard InChI is InChI=1S/C14H20N2O2/c1-2-11-8-9-13(10-14(11)16(17)18)15-12-6-4-3-5-7-12/h8-10,12,15H,2-7H2,1H3. The second-order valence-electron chi connectivity index (χ2n) is 4.93. The van der Waals surface area contributed by atoms with Gasteiger partial charge in [-0.25, -0.2) is 0 Å². The van der Waals surface area contributed by atoms with Crippen LogP contribution in [0.5, 0.6) is 0 Å². The van der Waals surface area contributed by atoms with Crippen LogP contribution in [0.25, 0.3) is 0 Å². The number of hydrogen-bond donors (Lipinski definition) is 1. The van der Waals surface area contributed by atoms with Crippen LogP contribution in [0.1, 0.15) is 44.6 Å². The fraction of sp³-hybridized carbons (Fsp3) is 0.571.